The Bertz CT molecular complexity index is 753. The van der Waals surface area contributed by atoms with E-state index >= 15 is 0 Å². The molecule has 0 amide bonds. The number of hydrogen-bond acceptors (Lipinski definition) is 7. The first-order valence-electron chi connectivity index (χ1n) is 8.81. The van der Waals surface area contributed by atoms with Crippen molar-refractivity contribution in [1.82, 2.24) is 9.97 Å². The van der Waals surface area contributed by atoms with Gasteiger partial charge in [-0.05, 0) is 25.0 Å². The number of nitrogens with zero attached hydrogens (tertiary/aromatic N) is 3. The summed E-state index contributed by atoms with van der Waals surface area (Å²) in [5.74, 6) is 2.23. The van der Waals surface area contributed by atoms with Gasteiger partial charge < -0.3 is 20.1 Å². The highest BCUT2D eigenvalue weighted by atomic mass is 16.5. The maximum atomic E-state index is 12.9. The Morgan fingerprint density at radius 2 is 2.27 bits per heavy atom. The lowest BCUT2D eigenvalue weighted by molar-refractivity contribution is 0.0906. The smallest absolute Gasteiger partial charge is 0.167 e. The summed E-state index contributed by atoms with van der Waals surface area (Å²) in [6, 6.07) is 9.17. The standard InChI is InChI=1S/C19H24N4O3/c1-26-16-6-2-4-14(10-16)19(25)15-5-3-8-23(12-15)18-11-17(20-7-9-24)21-13-22-18/h2,4,6,10-11,13,15,24H,3,5,7-9,12H2,1H3,(H,20,21,22)/t15-/m1/s1. The van der Waals surface area contributed by atoms with Crippen molar-refractivity contribution in [2.24, 2.45) is 5.92 Å². The summed E-state index contributed by atoms with van der Waals surface area (Å²) in [4.78, 5) is 23.5. The molecular weight excluding hydrogens is 332 g/mol. The number of Topliss-reactive ketones (excluding diaryl/α,β-unsaturated/α-hetero) is 1. The van der Waals surface area contributed by atoms with Gasteiger partial charge in [0.25, 0.3) is 0 Å². The Hall–Kier alpha value is -2.67. The van der Waals surface area contributed by atoms with Gasteiger partial charge in [-0.2, -0.15) is 0 Å². The third kappa shape index (κ3) is 4.29. The summed E-state index contributed by atoms with van der Waals surface area (Å²) in [5, 5.41) is 12.0. The summed E-state index contributed by atoms with van der Waals surface area (Å²) in [6.45, 7) is 1.97. The monoisotopic (exact) mass is 356 g/mol. The zero-order valence-electron chi connectivity index (χ0n) is 14.9. The van der Waals surface area contributed by atoms with Gasteiger partial charge in [0.05, 0.1) is 13.7 Å². The van der Waals surface area contributed by atoms with E-state index in [0.717, 1.165) is 25.2 Å². The number of rotatable bonds is 7. The van der Waals surface area contributed by atoms with Gasteiger partial charge in [0.15, 0.2) is 5.78 Å². The Morgan fingerprint density at radius 1 is 1.38 bits per heavy atom. The molecule has 0 bridgehead atoms. The normalized spacial score (nSPS) is 17.0. The summed E-state index contributed by atoms with van der Waals surface area (Å²) >= 11 is 0. The van der Waals surface area contributed by atoms with Crippen LogP contribution in [0.15, 0.2) is 36.7 Å². The van der Waals surface area contributed by atoms with Crippen LogP contribution in [0.1, 0.15) is 23.2 Å². The fraction of sp³-hybridized carbons (Fsp3) is 0.421. The molecule has 0 saturated carbocycles. The molecular formula is C19H24N4O3. The Balaban J connectivity index is 1.71. The number of carbonyl (C=O) groups is 1. The van der Waals surface area contributed by atoms with Crippen LogP contribution in [0.3, 0.4) is 0 Å². The van der Waals surface area contributed by atoms with Crippen LogP contribution in [0, 0.1) is 5.92 Å². The first-order valence-corrected chi connectivity index (χ1v) is 8.81. The van der Waals surface area contributed by atoms with E-state index in [-0.39, 0.29) is 18.3 Å². The summed E-state index contributed by atoms with van der Waals surface area (Å²) in [6.07, 6.45) is 3.31. The zero-order valence-corrected chi connectivity index (χ0v) is 14.9. The van der Waals surface area contributed by atoms with Crippen molar-refractivity contribution in [3.8, 4) is 5.75 Å². The van der Waals surface area contributed by atoms with Crippen molar-refractivity contribution in [2.75, 3.05) is 43.6 Å². The molecule has 1 aromatic carbocycles. The quantitative estimate of drug-likeness (QED) is 0.734. The molecule has 1 aliphatic heterocycles. The van der Waals surface area contributed by atoms with Crippen LogP contribution in [0.25, 0.3) is 0 Å². The molecule has 138 valence electrons. The van der Waals surface area contributed by atoms with Crippen molar-refractivity contribution in [3.63, 3.8) is 0 Å². The van der Waals surface area contributed by atoms with E-state index in [1.54, 1.807) is 13.2 Å². The first-order chi connectivity index (χ1) is 12.7. The fourth-order valence-corrected chi connectivity index (χ4v) is 3.21. The highest BCUT2D eigenvalue weighted by Gasteiger charge is 2.27. The number of methoxy groups -OCH3 is 1. The maximum absolute atomic E-state index is 12.9. The third-order valence-corrected chi connectivity index (χ3v) is 4.54. The van der Waals surface area contributed by atoms with E-state index in [9.17, 15) is 4.79 Å². The van der Waals surface area contributed by atoms with Crippen LogP contribution >= 0.6 is 0 Å². The van der Waals surface area contributed by atoms with Gasteiger partial charge in [-0.3, -0.25) is 4.79 Å². The molecule has 1 fully saturated rings. The molecule has 0 radical (unpaired) electrons. The molecule has 2 heterocycles. The van der Waals surface area contributed by atoms with E-state index in [1.807, 2.05) is 24.3 Å². The molecule has 1 saturated heterocycles. The molecule has 1 aromatic heterocycles. The highest BCUT2D eigenvalue weighted by molar-refractivity contribution is 5.98. The summed E-state index contributed by atoms with van der Waals surface area (Å²) < 4.78 is 5.22. The SMILES string of the molecule is COc1cccc(C(=O)[C@@H]2CCCN(c3cc(NCCO)ncn3)C2)c1. The number of nitrogens with one attached hydrogen (secondary N) is 1. The second kappa shape index (κ2) is 8.62. The average Bonchev–Trinajstić information content (AvgIpc) is 2.72. The first kappa shape index (κ1) is 18.1. The minimum atomic E-state index is -0.0697. The van der Waals surface area contributed by atoms with Crippen LogP contribution in [0.2, 0.25) is 0 Å². The molecule has 7 heteroatoms. The lowest BCUT2D eigenvalue weighted by Crippen LogP contribution is -2.39. The molecule has 1 atom stereocenters. The lowest BCUT2D eigenvalue weighted by atomic mass is 9.90. The highest BCUT2D eigenvalue weighted by Crippen LogP contribution is 2.26. The number of hydrogen-bond donors (Lipinski definition) is 2. The second-order valence-electron chi connectivity index (χ2n) is 6.29. The van der Waals surface area contributed by atoms with Crippen molar-refractivity contribution in [3.05, 3.63) is 42.2 Å². The zero-order chi connectivity index (χ0) is 18.4. The van der Waals surface area contributed by atoms with Gasteiger partial charge in [0.1, 0.15) is 23.7 Å². The molecule has 7 nitrogen and oxygen atoms in total. The minimum Gasteiger partial charge on any atom is -0.497 e. The van der Waals surface area contributed by atoms with Crippen LogP contribution < -0.4 is 15.0 Å². The molecule has 0 aliphatic carbocycles. The van der Waals surface area contributed by atoms with Gasteiger partial charge in [0.2, 0.25) is 0 Å². The van der Waals surface area contributed by atoms with Gasteiger partial charge in [0, 0.05) is 37.2 Å². The van der Waals surface area contributed by atoms with Crippen LogP contribution in [-0.4, -0.2) is 54.2 Å². The fourth-order valence-electron chi connectivity index (χ4n) is 3.21. The number of ether oxygens (including phenoxy) is 1. The number of anilines is 2. The minimum absolute atomic E-state index is 0.0418. The van der Waals surface area contributed by atoms with Gasteiger partial charge in [-0.1, -0.05) is 12.1 Å². The van der Waals surface area contributed by atoms with Crippen molar-refractivity contribution in [1.29, 1.82) is 0 Å². The molecule has 0 spiro atoms. The molecule has 0 unspecified atom stereocenters. The van der Waals surface area contributed by atoms with Crippen molar-refractivity contribution < 1.29 is 14.6 Å². The molecule has 2 N–H and O–H groups in total. The molecule has 26 heavy (non-hydrogen) atoms. The number of piperidine rings is 1. The Kier molecular flexibility index (Phi) is 6.01. The van der Waals surface area contributed by atoms with Gasteiger partial charge in [-0.25, -0.2) is 9.97 Å². The van der Waals surface area contributed by atoms with E-state index < -0.39 is 0 Å². The molecule has 3 rings (SSSR count). The molecule has 2 aromatic rings. The van der Waals surface area contributed by atoms with Crippen LogP contribution in [0.5, 0.6) is 5.75 Å². The Labute approximate surface area is 153 Å². The average molecular weight is 356 g/mol. The molecule has 1 aliphatic rings. The second-order valence-corrected chi connectivity index (χ2v) is 6.29. The summed E-state index contributed by atoms with van der Waals surface area (Å²) in [5.41, 5.74) is 0.684. The van der Waals surface area contributed by atoms with Crippen molar-refractivity contribution >= 4 is 17.4 Å². The number of aliphatic hydroxyl groups excluding tert-OH is 1. The largest absolute Gasteiger partial charge is 0.497 e. The van der Waals surface area contributed by atoms with E-state index in [0.29, 0.717) is 30.2 Å². The van der Waals surface area contributed by atoms with E-state index in [2.05, 4.69) is 20.2 Å². The third-order valence-electron chi connectivity index (χ3n) is 4.54. The number of aromatic nitrogens is 2. The van der Waals surface area contributed by atoms with Gasteiger partial charge >= 0.3 is 0 Å². The van der Waals surface area contributed by atoms with E-state index in [4.69, 9.17) is 9.84 Å². The summed E-state index contributed by atoms with van der Waals surface area (Å²) in [7, 11) is 1.60. The number of carbonyl (C=O) groups excluding carboxylic acids is 1. The van der Waals surface area contributed by atoms with E-state index in [1.165, 1.54) is 6.33 Å². The number of ketones is 1. The number of aliphatic hydroxyl groups is 1. The Morgan fingerprint density at radius 3 is 3.08 bits per heavy atom. The predicted molar refractivity (Wildman–Crippen MR) is 99.9 cm³/mol. The van der Waals surface area contributed by atoms with Crippen LogP contribution in [0.4, 0.5) is 11.6 Å². The maximum Gasteiger partial charge on any atom is 0.167 e. The topological polar surface area (TPSA) is 87.6 Å². The van der Waals surface area contributed by atoms with Crippen LogP contribution in [-0.2, 0) is 0 Å². The van der Waals surface area contributed by atoms with Crippen molar-refractivity contribution in [2.45, 2.75) is 12.8 Å². The van der Waals surface area contributed by atoms with Gasteiger partial charge in [-0.15, -0.1) is 0 Å². The number of benzene rings is 1. The predicted octanol–water partition coefficient (Wildman–Crippen LogP) is 1.99. The lowest BCUT2D eigenvalue weighted by Gasteiger charge is -2.33.